The van der Waals surface area contributed by atoms with Gasteiger partial charge in [-0.25, -0.2) is 9.37 Å². The molecule has 5 heteroatoms. The first-order valence-corrected chi connectivity index (χ1v) is 7.68. The molecule has 0 atom stereocenters. The molecule has 0 saturated carbocycles. The molecule has 0 radical (unpaired) electrons. The fourth-order valence-electron chi connectivity index (χ4n) is 2.80. The third-order valence-corrected chi connectivity index (χ3v) is 4.21. The highest BCUT2D eigenvalue weighted by Gasteiger charge is 2.22. The molecule has 1 N–H and O–H groups in total. The van der Waals surface area contributed by atoms with Gasteiger partial charge in [0.05, 0.1) is 11.3 Å². The number of hydrogen-bond acceptors (Lipinski definition) is 2. The molecule has 2 aromatic rings. The van der Waals surface area contributed by atoms with Gasteiger partial charge in [0.15, 0.2) is 0 Å². The fraction of sp³-hybridized carbons (Fsp3) is 0.400. The first kappa shape index (κ1) is 13.8. The van der Waals surface area contributed by atoms with Gasteiger partial charge in [-0.05, 0) is 44.5 Å². The molecule has 0 saturated heterocycles. The van der Waals surface area contributed by atoms with Crippen LogP contribution in [0, 0.1) is 5.82 Å². The number of hydrogen-bond donors (Lipinski definition) is 1. The number of nitrogens with one attached hydrogen (secondary N) is 1. The van der Waals surface area contributed by atoms with E-state index in [1.807, 2.05) is 13.1 Å². The molecular formula is C15H17BrFN3. The number of halogens is 2. The highest BCUT2D eigenvalue weighted by atomic mass is 79.9. The molecule has 0 fully saturated rings. The summed E-state index contributed by atoms with van der Waals surface area (Å²) >= 11 is 3.41. The van der Waals surface area contributed by atoms with Crippen LogP contribution in [-0.2, 0) is 19.5 Å². The van der Waals surface area contributed by atoms with Crippen LogP contribution in [-0.4, -0.2) is 16.6 Å². The number of nitrogens with zero attached hydrogens (tertiary/aromatic N) is 2. The standard InChI is InChI=1S/C15H17BrFN3/c1-18-9-13-14-4-2-3-7-20(14)15(19-13)11-8-10(16)5-6-12(11)17/h5-6,8,18H,2-4,7,9H2,1H3. The molecule has 3 rings (SSSR count). The van der Waals surface area contributed by atoms with E-state index < -0.39 is 0 Å². The summed E-state index contributed by atoms with van der Waals surface area (Å²) in [6.07, 6.45) is 3.34. The Balaban J connectivity index is 2.15. The Morgan fingerprint density at radius 3 is 3.05 bits per heavy atom. The van der Waals surface area contributed by atoms with Crippen LogP contribution in [0.15, 0.2) is 22.7 Å². The Kier molecular flexibility index (Phi) is 3.89. The maximum absolute atomic E-state index is 14.1. The number of imidazole rings is 1. The molecule has 20 heavy (non-hydrogen) atoms. The van der Waals surface area contributed by atoms with E-state index in [-0.39, 0.29) is 5.82 Å². The largest absolute Gasteiger partial charge is 0.328 e. The Morgan fingerprint density at radius 2 is 2.25 bits per heavy atom. The monoisotopic (exact) mass is 337 g/mol. The SMILES string of the molecule is CNCc1nc(-c2cc(Br)ccc2F)n2c1CCCC2. The number of benzene rings is 1. The van der Waals surface area contributed by atoms with Gasteiger partial charge < -0.3 is 9.88 Å². The topological polar surface area (TPSA) is 29.9 Å². The van der Waals surface area contributed by atoms with Crippen LogP contribution in [0.2, 0.25) is 0 Å². The third kappa shape index (κ3) is 2.40. The quantitative estimate of drug-likeness (QED) is 0.928. The van der Waals surface area contributed by atoms with E-state index in [0.717, 1.165) is 41.9 Å². The van der Waals surface area contributed by atoms with E-state index in [9.17, 15) is 4.39 Å². The Morgan fingerprint density at radius 1 is 1.40 bits per heavy atom. The number of rotatable bonds is 3. The van der Waals surface area contributed by atoms with Gasteiger partial charge in [0.25, 0.3) is 0 Å². The smallest absolute Gasteiger partial charge is 0.143 e. The molecule has 0 spiro atoms. The van der Waals surface area contributed by atoms with Gasteiger partial charge in [-0.1, -0.05) is 15.9 Å². The van der Waals surface area contributed by atoms with Crippen molar-refractivity contribution < 1.29 is 4.39 Å². The minimum Gasteiger partial charge on any atom is -0.328 e. The van der Waals surface area contributed by atoms with Crippen molar-refractivity contribution in [2.24, 2.45) is 0 Å². The zero-order chi connectivity index (χ0) is 14.1. The molecule has 1 aliphatic heterocycles. The van der Waals surface area contributed by atoms with Crippen molar-refractivity contribution in [3.05, 3.63) is 39.9 Å². The van der Waals surface area contributed by atoms with E-state index in [4.69, 9.17) is 4.98 Å². The summed E-state index contributed by atoms with van der Waals surface area (Å²) in [5.41, 5.74) is 2.87. The van der Waals surface area contributed by atoms with E-state index in [0.29, 0.717) is 5.56 Å². The van der Waals surface area contributed by atoms with Crippen molar-refractivity contribution in [1.29, 1.82) is 0 Å². The summed E-state index contributed by atoms with van der Waals surface area (Å²) < 4.78 is 17.2. The van der Waals surface area contributed by atoms with Gasteiger partial charge in [0.2, 0.25) is 0 Å². The molecule has 106 valence electrons. The van der Waals surface area contributed by atoms with Gasteiger partial charge in [-0.15, -0.1) is 0 Å². The van der Waals surface area contributed by atoms with Crippen molar-refractivity contribution >= 4 is 15.9 Å². The molecule has 2 heterocycles. The highest BCUT2D eigenvalue weighted by molar-refractivity contribution is 9.10. The molecule has 0 aliphatic carbocycles. The first-order valence-electron chi connectivity index (χ1n) is 6.89. The Labute approximate surface area is 126 Å². The van der Waals surface area contributed by atoms with Crippen LogP contribution in [0.5, 0.6) is 0 Å². The van der Waals surface area contributed by atoms with Crippen LogP contribution in [0.4, 0.5) is 4.39 Å². The van der Waals surface area contributed by atoms with E-state index in [1.54, 1.807) is 6.07 Å². The molecular weight excluding hydrogens is 321 g/mol. The van der Waals surface area contributed by atoms with Crippen LogP contribution < -0.4 is 5.32 Å². The van der Waals surface area contributed by atoms with Crippen LogP contribution in [0.1, 0.15) is 24.2 Å². The van der Waals surface area contributed by atoms with Crippen molar-refractivity contribution in [3.63, 3.8) is 0 Å². The van der Waals surface area contributed by atoms with Crippen LogP contribution in [0.3, 0.4) is 0 Å². The van der Waals surface area contributed by atoms with Gasteiger partial charge in [0, 0.05) is 23.3 Å². The predicted molar refractivity (Wildman–Crippen MR) is 81.0 cm³/mol. The van der Waals surface area contributed by atoms with Crippen molar-refractivity contribution in [1.82, 2.24) is 14.9 Å². The van der Waals surface area contributed by atoms with Crippen LogP contribution in [0.25, 0.3) is 11.4 Å². The van der Waals surface area contributed by atoms with Crippen molar-refractivity contribution in [3.8, 4) is 11.4 Å². The Hall–Kier alpha value is -1.20. The molecule has 1 aromatic heterocycles. The lowest BCUT2D eigenvalue weighted by Crippen LogP contribution is -2.14. The lowest BCUT2D eigenvalue weighted by atomic mass is 10.1. The highest BCUT2D eigenvalue weighted by Crippen LogP contribution is 2.30. The summed E-state index contributed by atoms with van der Waals surface area (Å²) in [7, 11) is 1.91. The van der Waals surface area contributed by atoms with E-state index in [2.05, 4.69) is 25.8 Å². The summed E-state index contributed by atoms with van der Waals surface area (Å²) in [5.74, 6) is 0.534. The van der Waals surface area contributed by atoms with Gasteiger partial charge in [0.1, 0.15) is 11.6 Å². The van der Waals surface area contributed by atoms with Gasteiger partial charge in [-0.3, -0.25) is 0 Å². The van der Waals surface area contributed by atoms with E-state index >= 15 is 0 Å². The zero-order valence-corrected chi connectivity index (χ0v) is 13.0. The normalized spacial score (nSPS) is 14.3. The maximum Gasteiger partial charge on any atom is 0.143 e. The van der Waals surface area contributed by atoms with Crippen LogP contribution >= 0.6 is 15.9 Å². The summed E-state index contributed by atoms with van der Waals surface area (Å²) in [4.78, 5) is 4.69. The second-order valence-corrected chi connectivity index (χ2v) is 6.01. The maximum atomic E-state index is 14.1. The zero-order valence-electron chi connectivity index (χ0n) is 11.4. The molecule has 3 nitrogen and oxygen atoms in total. The van der Waals surface area contributed by atoms with E-state index in [1.165, 1.54) is 18.2 Å². The fourth-order valence-corrected chi connectivity index (χ4v) is 3.16. The predicted octanol–water partition coefficient (Wildman–Crippen LogP) is 3.51. The lowest BCUT2D eigenvalue weighted by molar-refractivity contribution is 0.530. The average molecular weight is 338 g/mol. The molecule has 0 bridgehead atoms. The molecule has 0 amide bonds. The number of fused-ring (bicyclic) bond motifs is 1. The summed E-state index contributed by atoms with van der Waals surface area (Å²) in [6.45, 7) is 1.65. The lowest BCUT2D eigenvalue weighted by Gasteiger charge is -2.17. The van der Waals surface area contributed by atoms with Crippen molar-refractivity contribution in [2.75, 3.05) is 7.05 Å². The second kappa shape index (κ2) is 5.66. The van der Waals surface area contributed by atoms with Crippen molar-refractivity contribution in [2.45, 2.75) is 32.4 Å². The van der Waals surface area contributed by atoms with Gasteiger partial charge >= 0.3 is 0 Å². The minimum absolute atomic E-state index is 0.220. The molecule has 1 aliphatic rings. The summed E-state index contributed by atoms with van der Waals surface area (Å²) in [6, 6.07) is 5.01. The first-order chi connectivity index (χ1) is 9.70. The molecule has 0 unspecified atom stereocenters. The number of aromatic nitrogens is 2. The Bertz CT molecular complexity index is 636. The summed E-state index contributed by atoms with van der Waals surface area (Å²) in [5, 5.41) is 3.15. The molecule has 1 aromatic carbocycles. The third-order valence-electron chi connectivity index (χ3n) is 3.71. The second-order valence-electron chi connectivity index (χ2n) is 5.09. The minimum atomic E-state index is -0.220. The average Bonchev–Trinajstić information content (AvgIpc) is 2.81. The van der Waals surface area contributed by atoms with Gasteiger partial charge in [-0.2, -0.15) is 0 Å².